The number of ether oxygens (including phenoxy) is 1. The lowest BCUT2D eigenvalue weighted by atomic mass is 10.4. The summed E-state index contributed by atoms with van der Waals surface area (Å²) in [6.07, 6.45) is 3.31. The molecule has 0 unspecified atom stereocenters. The van der Waals surface area contributed by atoms with Gasteiger partial charge in [0.2, 0.25) is 0 Å². The Labute approximate surface area is 132 Å². The fourth-order valence-electron chi connectivity index (χ4n) is 1.60. The molecule has 1 aliphatic heterocycles. The topological polar surface area (TPSA) is 50.9 Å². The summed E-state index contributed by atoms with van der Waals surface area (Å²) >= 11 is 1.98. The molecule has 0 bridgehead atoms. The molecule has 0 aromatic carbocycles. The van der Waals surface area contributed by atoms with Crippen LogP contribution in [0.3, 0.4) is 0 Å². The number of rotatable bonds is 7. The Morgan fingerprint density at radius 3 is 2.61 bits per heavy atom. The minimum absolute atomic E-state index is 0. The lowest BCUT2D eigenvalue weighted by Crippen LogP contribution is -2.42. The van der Waals surface area contributed by atoms with Gasteiger partial charge in [0.25, 0.3) is 0 Å². The molecule has 2 N–H and O–H groups in total. The van der Waals surface area contributed by atoms with E-state index in [-0.39, 0.29) is 24.0 Å². The SMILES string of the molecule is CCCCOCCCN=C(N)N1CCSCC1.I. The van der Waals surface area contributed by atoms with Gasteiger partial charge in [-0.2, -0.15) is 11.8 Å². The molecule has 0 aliphatic carbocycles. The number of thioether (sulfide) groups is 1. The van der Waals surface area contributed by atoms with Crippen molar-refractivity contribution < 1.29 is 4.74 Å². The normalized spacial score (nSPS) is 16.5. The number of aliphatic imine (C=N–C) groups is 1. The van der Waals surface area contributed by atoms with Crippen LogP contribution in [-0.4, -0.2) is 55.2 Å². The third-order valence-corrected chi connectivity index (χ3v) is 3.64. The molecule has 0 saturated carbocycles. The van der Waals surface area contributed by atoms with Crippen molar-refractivity contribution in [2.24, 2.45) is 10.7 Å². The van der Waals surface area contributed by atoms with Gasteiger partial charge in [0, 0.05) is 44.4 Å². The number of unbranched alkanes of at least 4 members (excludes halogenated alkanes) is 1. The van der Waals surface area contributed by atoms with Crippen LogP contribution in [0.5, 0.6) is 0 Å². The van der Waals surface area contributed by atoms with Gasteiger partial charge in [0.05, 0.1) is 0 Å². The maximum Gasteiger partial charge on any atom is 0.191 e. The maximum atomic E-state index is 5.94. The van der Waals surface area contributed by atoms with Gasteiger partial charge in [-0.05, 0) is 12.8 Å². The summed E-state index contributed by atoms with van der Waals surface area (Å²) in [5.74, 6) is 3.03. The number of guanidine groups is 1. The van der Waals surface area contributed by atoms with E-state index < -0.39 is 0 Å². The predicted octanol–water partition coefficient (Wildman–Crippen LogP) is 2.17. The van der Waals surface area contributed by atoms with Gasteiger partial charge in [0.15, 0.2) is 5.96 Å². The molecule has 1 aliphatic rings. The van der Waals surface area contributed by atoms with E-state index in [2.05, 4.69) is 16.8 Å². The van der Waals surface area contributed by atoms with Crippen molar-refractivity contribution in [3.8, 4) is 0 Å². The van der Waals surface area contributed by atoms with Crippen molar-refractivity contribution in [1.82, 2.24) is 4.90 Å². The van der Waals surface area contributed by atoms with Gasteiger partial charge in [-0.3, -0.25) is 4.99 Å². The van der Waals surface area contributed by atoms with E-state index in [9.17, 15) is 0 Å². The summed E-state index contributed by atoms with van der Waals surface area (Å²) in [4.78, 5) is 6.57. The van der Waals surface area contributed by atoms with E-state index >= 15 is 0 Å². The molecule has 18 heavy (non-hydrogen) atoms. The molecular formula is C12H26IN3OS. The van der Waals surface area contributed by atoms with Crippen LogP contribution in [0, 0.1) is 0 Å². The van der Waals surface area contributed by atoms with E-state index in [0.717, 1.165) is 57.2 Å². The molecule has 1 saturated heterocycles. The average Bonchev–Trinajstić information content (AvgIpc) is 2.38. The maximum absolute atomic E-state index is 5.94. The molecule has 0 aromatic heterocycles. The van der Waals surface area contributed by atoms with Gasteiger partial charge in [0.1, 0.15) is 0 Å². The second kappa shape index (κ2) is 12.3. The predicted molar refractivity (Wildman–Crippen MR) is 91.1 cm³/mol. The van der Waals surface area contributed by atoms with Crippen molar-refractivity contribution in [2.45, 2.75) is 26.2 Å². The zero-order valence-electron chi connectivity index (χ0n) is 11.3. The Bertz CT molecular complexity index is 223. The van der Waals surface area contributed by atoms with Crippen LogP contribution in [0.1, 0.15) is 26.2 Å². The Kier molecular flexibility index (Phi) is 12.6. The van der Waals surface area contributed by atoms with E-state index in [1.54, 1.807) is 0 Å². The number of nitrogens with two attached hydrogens (primary N) is 1. The zero-order valence-corrected chi connectivity index (χ0v) is 14.4. The quantitative estimate of drug-likeness (QED) is 0.315. The largest absolute Gasteiger partial charge is 0.381 e. The highest BCUT2D eigenvalue weighted by atomic mass is 127. The highest BCUT2D eigenvalue weighted by molar-refractivity contribution is 14.0. The smallest absolute Gasteiger partial charge is 0.191 e. The molecule has 1 rings (SSSR count). The van der Waals surface area contributed by atoms with E-state index in [0.29, 0.717) is 5.96 Å². The number of halogens is 1. The van der Waals surface area contributed by atoms with Crippen LogP contribution in [0.25, 0.3) is 0 Å². The Morgan fingerprint density at radius 2 is 1.94 bits per heavy atom. The first kappa shape index (κ1) is 18.3. The zero-order chi connectivity index (χ0) is 12.3. The summed E-state index contributed by atoms with van der Waals surface area (Å²) < 4.78 is 5.47. The summed E-state index contributed by atoms with van der Waals surface area (Å²) in [6, 6.07) is 0. The van der Waals surface area contributed by atoms with E-state index in [1.807, 2.05) is 11.8 Å². The van der Waals surface area contributed by atoms with Gasteiger partial charge < -0.3 is 15.4 Å². The Balaban J connectivity index is 0.00000289. The fraction of sp³-hybridized carbons (Fsp3) is 0.917. The van der Waals surface area contributed by atoms with Crippen LogP contribution in [0.2, 0.25) is 0 Å². The minimum atomic E-state index is 0. The first-order valence-corrected chi connectivity index (χ1v) is 7.70. The van der Waals surface area contributed by atoms with E-state index in [4.69, 9.17) is 10.5 Å². The van der Waals surface area contributed by atoms with Crippen LogP contribution in [0.4, 0.5) is 0 Å². The highest BCUT2D eigenvalue weighted by Gasteiger charge is 2.11. The molecule has 0 atom stereocenters. The molecule has 0 radical (unpaired) electrons. The van der Waals surface area contributed by atoms with Crippen molar-refractivity contribution in [1.29, 1.82) is 0 Å². The average molecular weight is 387 g/mol. The molecular weight excluding hydrogens is 361 g/mol. The molecule has 4 nitrogen and oxygen atoms in total. The van der Waals surface area contributed by atoms with Crippen LogP contribution in [0.15, 0.2) is 4.99 Å². The Morgan fingerprint density at radius 1 is 1.28 bits per heavy atom. The molecule has 1 fully saturated rings. The van der Waals surface area contributed by atoms with Crippen molar-refractivity contribution >= 4 is 41.7 Å². The molecule has 0 aromatic rings. The van der Waals surface area contributed by atoms with E-state index in [1.165, 1.54) is 6.42 Å². The molecule has 108 valence electrons. The molecule has 0 amide bonds. The number of hydrogen-bond acceptors (Lipinski definition) is 3. The lowest BCUT2D eigenvalue weighted by molar-refractivity contribution is 0.130. The Hall–Kier alpha value is 0.310. The number of hydrogen-bond donors (Lipinski definition) is 1. The molecule has 1 heterocycles. The van der Waals surface area contributed by atoms with Gasteiger partial charge in [-0.25, -0.2) is 0 Å². The first-order valence-electron chi connectivity index (χ1n) is 6.55. The van der Waals surface area contributed by atoms with Gasteiger partial charge >= 0.3 is 0 Å². The van der Waals surface area contributed by atoms with Crippen molar-refractivity contribution in [3.63, 3.8) is 0 Å². The highest BCUT2D eigenvalue weighted by Crippen LogP contribution is 2.08. The van der Waals surface area contributed by atoms with Crippen LogP contribution < -0.4 is 5.73 Å². The summed E-state index contributed by atoms with van der Waals surface area (Å²) in [7, 11) is 0. The first-order chi connectivity index (χ1) is 8.34. The monoisotopic (exact) mass is 387 g/mol. The lowest BCUT2D eigenvalue weighted by Gasteiger charge is -2.27. The number of nitrogens with zero attached hydrogens (tertiary/aromatic N) is 2. The second-order valence-corrected chi connectivity index (χ2v) is 5.38. The van der Waals surface area contributed by atoms with Crippen molar-refractivity contribution in [3.05, 3.63) is 0 Å². The van der Waals surface area contributed by atoms with Crippen molar-refractivity contribution in [2.75, 3.05) is 44.4 Å². The van der Waals surface area contributed by atoms with Gasteiger partial charge in [-0.1, -0.05) is 13.3 Å². The molecule has 0 spiro atoms. The third kappa shape index (κ3) is 8.42. The standard InChI is InChI=1S/C12H25N3OS.HI/c1-2-3-8-16-9-4-5-14-12(13)15-6-10-17-11-7-15;/h2-11H2,1H3,(H2,13,14);1H. The molecule has 6 heteroatoms. The fourth-order valence-corrected chi connectivity index (χ4v) is 2.50. The van der Waals surface area contributed by atoms with Crippen LogP contribution >= 0.6 is 35.7 Å². The summed E-state index contributed by atoms with van der Waals surface area (Å²) in [5.41, 5.74) is 5.94. The third-order valence-electron chi connectivity index (χ3n) is 2.70. The minimum Gasteiger partial charge on any atom is -0.381 e. The summed E-state index contributed by atoms with van der Waals surface area (Å²) in [5, 5.41) is 0. The second-order valence-electron chi connectivity index (χ2n) is 4.16. The summed E-state index contributed by atoms with van der Waals surface area (Å²) in [6.45, 7) is 6.69. The van der Waals surface area contributed by atoms with Crippen LogP contribution in [-0.2, 0) is 4.74 Å². The van der Waals surface area contributed by atoms with Gasteiger partial charge in [-0.15, -0.1) is 24.0 Å².